The first kappa shape index (κ1) is 29.4. The molecule has 5 heteroatoms. The van der Waals surface area contributed by atoms with Crippen molar-refractivity contribution in [2.24, 2.45) is 0 Å². The number of benzene rings is 1. The van der Waals surface area contributed by atoms with Gasteiger partial charge in [-0.2, -0.15) is 0 Å². The zero-order chi connectivity index (χ0) is 23.2. The minimum atomic E-state index is -3.01. The van der Waals surface area contributed by atoms with E-state index in [0.29, 0.717) is 19.8 Å². The van der Waals surface area contributed by atoms with Gasteiger partial charge in [0.25, 0.3) is 0 Å². The smallest absolute Gasteiger partial charge is 0.327 e. The van der Waals surface area contributed by atoms with Crippen LogP contribution in [0.4, 0.5) is 0 Å². The molecule has 0 saturated heterocycles. The molecule has 0 spiro atoms. The summed E-state index contributed by atoms with van der Waals surface area (Å²) in [7, 11) is -3.01. The van der Waals surface area contributed by atoms with E-state index in [4.69, 9.17) is 13.8 Å². The molecular weight excluding hydrogens is 419 g/mol. The van der Waals surface area contributed by atoms with E-state index >= 15 is 0 Å². The molecule has 0 bridgehead atoms. The lowest BCUT2D eigenvalue weighted by Gasteiger charge is -2.14. The Morgan fingerprint density at radius 2 is 1.12 bits per heavy atom. The lowest BCUT2D eigenvalue weighted by atomic mass is 10.0. The van der Waals surface area contributed by atoms with Gasteiger partial charge in [-0.3, -0.25) is 4.57 Å². The monoisotopic (exact) mass is 468 g/mol. The molecule has 0 heterocycles. The van der Waals surface area contributed by atoms with Crippen LogP contribution in [-0.4, -0.2) is 26.5 Å². The summed E-state index contributed by atoms with van der Waals surface area (Å²) in [5, 5.41) is 0. The van der Waals surface area contributed by atoms with Crippen LogP contribution in [0.2, 0.25) is 0 Å². The van der Waals surface area contributed by atoms with E-state index in [1.54, 1.807) is 0 Å². The molecule has 0 saturated carbocycles. The van der Waals surface area contributed by atoms with E-state index in [-0.39, 0.29) is 0 Å². The number of hydrogen-bond acceptors (Lipinski definition) is 4. The van der Waals surface area contributed by atoms with Crippen molar-refractivity contribution in [3.63, 3.8) is 0 Å². The molecule has 0 aliphatic heterocycles. The van der Waals surface area contributed by atoms with Gasteiger partial charge in [-0.25, -0.2) is 0 Å². The summed E-state index contributed by atoms with van der Waals surface area (Å²) < 4.78 is 28.8. The average Bonchev–Trinajstić information content (AvgIpc) is 2.80. The topological polar surface area (TPSA) is 44.8 Å². The fraction of sp³-hybridized carbons (Fsp3) is 0.778. The minimum Gasteiger partial charge on any atom is -0.381 e. The number of unbranched alkanes of at least 4 members (excludes halogenated alkanes) is 13. The first-order valence-corrected chi connectivity index (χ1v) is 15.1. The summed E-state index contributed by atoms with van der Waals surface area (Å²) in [5.74, 6) is 0. The molecule has 32 heavy (non-hydrogen) atoms. The van der Waals surface area contributed by atoms with E-state index in [1.807, 2.05) is 30.3 Å². The maximum Gasteiger partial charge on any atom is 0.327 e. The van der Waals surface area contributed by atoms with Crippen LogP contribution in [0.5, 0.6) is 0 Å². The lowest BCUT2D eigenvalue weighted by molar-refractivity contribution is 0.111. The van der Waals surface area contributed by atoms with Crippen LogP contribution in [0.25, 0.3) is 0 Å². The van der Waals surface area contributed by atoms with E-state index < -0.39 is 7.60 Å². The van der Waals surface area contributed by atoms with E-state index in [9.17, 15) is 4.57 Å². The fourth-order valence-corrected chi connectivity index (χ4v) is 4.61. The Morgan fingerprint density at radius 1 is 0.625 bits per heavy atom. The van der Waals surface area contributed by atoms with Gasteiger partial charge in [0.05, 0.1) is 13.2 Å². The van der Waals surface area contributed by atoms with Crippen molar-refractivity contribution in [1.82, 2.24) is 0 Å². The second-order valence-corrected chi connectivity index (χ2v) is 11.0. The van der Waals surface area contributed by atoms with Gasteiger partial charge < -0.3 is 13.8 Å². The summed E-state index contributed by atoms with van der Waals surface area (Å²) in [6.07, 6.45) is 19.9. The molecule has 0 fully saturated rings. The maximum atomic E-state index is 12.3. The molecule has 0 aromatic heterocycles. The molecule has 0 amide bonds. The summed E-state index contributed by atoms with van der Waals surface area (Å²) in [6, 6.07) is 9.73. The Bertz CT molecular complexity index is 564. The van der Waals surface area contributed by atoms with Gasteiger partial charge in [-0.05, 0) is 18.4 Å². The second-order valence-electron chi connectivity index (χ2n) is 8.93. The Hall–Kier alpha value is -0.670. The molecule has 0 N–H and O–H groups in total. The van der Waals surface area contributed by atoms with Gasteiger partial charge in [0.2, 0.25) is 0 Å². The van der Waals surface area contributed by atoms with Crippen molar-refractivity contribution in [2.45, 2.75) is 110 Å². The summed E-state index contributed by atoms with van der Waals surface area (Å²) in [4.78, 5) is 0. The molecular formula is C27H49O4P. The normalized spacial score (nSPS) is 13.3. The van der Waals surface area contributed by atoms with Crippen molar-refractivity contribution >= 4 is 7.60 Å². The van der Waals surface area contributed by atoms with Crippen LogP contribution in [0.3, 0.4) is 0 Å². The molecule has 0 aliphatic carbocycles. The van der Waals surface area contributed by atoms with Gasteiger partial charge in [-0.1, -0.05) is 121 Å². The molecule has 1 atom stereocenters. The van der Waals surface area contributed by atoms with Gasteiger partial charge >= 0.3 is 7.60 Å². The highest BCUT2D eigenvalue weighted by atomic mass is 31.2. The SMILES string of the molecule is CCCCCCCCCCCCCCCCOCCCOP(C)(=O)OCc1ccccc1. The van der Waals surface area contributed by atoms with E-state index in [0.717, 1.165) is 25.0 Å². The highest BCUT2D eigenvalue weighted by Crippen LogP contribution is 2.44. The lowest BCUT2D eigenvalue weighted by Crippen LogP contribution is -2.02. The third kappa shape index (κ3) is 18.9. The Balaban J connectivity index is 1.78. The molecule has 186 valence electrons. The van der Waals surface area contributed by atoms with Crippen molar-refractivity contribution in [3.05, 3.63) is 35.9 Å². The van der Waals surface area contributed by atoms with Crippen LogP contribution >= 0.6 is 7.60 Å². The second kappa shape index (κ2) is 20.9. The molecule has 0 radical (unpaired) electrons. The van der Waals surface area contributed by atoms with Crippen LogP contribution < -0.4 is 0 Å². The quantitative estimate of drug-likeness (QED) is 0.119. The molecule has 1 rings (SSSR count). The van der Waals surface area contributed by atoms with Crippen LogP contribution in [0, 0.1) is 0 Å². The Morgan fingerprint density at radius 3 is 1.69 bits per heavy atom. The Kier molecular flexibility index (Phi) is 19.2. The molecule has 0 aliphatic rings. The van der Waals surface area contributed by atoms with Gasteiger partial charge in [0.1, 0.15) is 0 Å². The highest BCUT2D eigenvalue weighted by Gasteiger charge is 2.16. The highest BCUT2D eigenvalue weighted by molar-refractivity contribution is 7.52. The number of rotatable bonds is 23. The molecule has 1 unspecified atom stereocenters. The zero-order valence-electron chi connectivity index (χ0n) is 20.9. The van der Waals surface area contributed by atoms with Gasteiger partial charge in [0.15, 0.2) is 0 Å². The predicted molar refractivity (Wildman–Crippen MR) is 136 cm³/mol. The van der Waals surface area contributed by atoms with Crippen LogP contribution in [-0.2, 0) is 25.0 Å². The predicted octanol–water partition coefficient (Wildman–Crippen LogP) is 8.93. The van der Waals surface area contributed by atoms with Crippen molar-refractivity contribution in [1.29, 1.82) is 0 Å². The Labute approximate surface area is 198 Å². The van der Waals surface area contributed by atoms with Crippen molar-refractivity contribution in [3.8, 4) is 0 Å². The van der Waals surface area contributed by atoms with Crippen molar-refractivity contribution < 1.29 is 18.3 Å². The van der Waals surface area contributed by atoms with E-state index in [2.05, 4.69) is 6.92 Å². The fourth-order valence-electron chi connectivity index (χ4n) is 3.70. The van der Waals surface area contributed by atoms with Gasteiger partial charge in [-0.15, -0.1) is 0 Å². The first-order chi connectivity index (χ1) is 15.6. The average molecular weight is 469 g/mol. The standard InChI is InChI=1S/C27H49O4P/c1-3-4-5-6-7-8-9-10-11-12-13-14-15-19-23-29-24-20-25-30-32(2,28)31-26-27-21-17-16-18-22-27/h16-18,21-22H,3-15,19-20,23-26H2,1-2H3. The van der Waals surface area contributed by atoms with Crippen LogP contribution in [0.1, 0.15) is 109 Å². The minimum absolute atomic E-state index is 0.310. The summed E-state index contributed by atoms with van der Waals surface area (Å²) in [6.45, 7) is 5.99. The first-order valence-electron chi connectivity index (χ1n) is 13.1. The molecule has 4 nitrogen and oxygen atoms in total. The largest absolute Gasteiger partial charge is 0.381 e. The van der Waals surface area contributed by atoms with Gasteiger partial charge in [0, 0.05) is 19.9 Å². The molecule has 1 aromatic carbocycles. The molecule has 1 aromatic rings. The van der Waals surface area contributed by atoms with Crippen molar-refractivity contribution in [2.75, 3.05) is 26.5 Å². The van der Waals surface area contributed by atoms with Crippen LogP contribution in [0.15, 0.2) is 30.3 Å². The number of ether oxygens (including phenoxy) is 1. The number of hydrogen-bond donors (Lipinski definition) is 0. The van der Waals surface area contributed by atoms with E-state index in [1.165, 1.54) is 90.1 Å². The zero-order valence-corrected chi connectivity index (χ0v) is 21.8. The third-order valence-electron chi connectivity index (χ3n) is 5.71. The third-order valence-corrected chi connectivity index (χ3v) is 6.96. The summed E-state index contributed by atoms with van der Waals surface area (Å²) in [5.41, 5.74) is 0.995. The summed E-state index contributed by atoms with van der Waals surface area (Å²) >= 11 is 0. The maximum absolute atomic E-state index is 12.3.